The highest BCUT2D eigenvalue weighted by Gasteiger charge is 2.36. The lowest BCUT2D eigenvalue weighted by Gasteiger charge is -2.28. The molecule has 0 aliphatic carbocycles. The smallest absolute Gasteiger partial charge is 0.420 e. The summed E-state index contributed by atoms with van der Waals surface area (Å²) in [5.41, 5.74) is 2.72. The SMILES string of the molecule is N#Cc1ccc(Oc2ccc(C=C3C(=O)N(CCN4CCOCC4)c4cccc(-c5ccccc5)c43)c(O)c2)c(C(F)(F)F)c1. The lowest BCUT2D eigenvalue weighted by molar-refractivity contribution is -0.138. The Morgan fingerprint density at radius 2 is 1.73 bits per heavy atom. The van der Waals surface area contributed by atoms with Crippen LogP contribution in [0.4, 0.5) is 18.9 Å². The Balaban J connectivity index is 1.35. The maximum absolute atomic E-state index is 14.0. The fraction of sp³-hybridized carbons (Fsp3) is 0.200. The van der Waals surface area contributed by atoms with E-state index in [9.17, 15) is 23.1 Å². The van der Waals surface area contributed by atoms with Gasteiger partial charge in [0.05, 0.1) is 41.7 Å². The first-order valence-electron chi connectivity index (χ1n) is 14.4. The van der Waals surface area contributed by atoms with Crippen molar-refractivity contribution >= 4 is 23.2 Å². The van der Waals surface area contributed by atoms with Crippen LogP contribution in [-0.2, 0) is 15.7 Å². The molecule has 1 N–H and O–H groups in total. The van der Waals surface area contributed by atoms with Crippen LogP contribution in [0.3, 0.4) is 0 Å². The number of aromatic hydroxyl groups is 1. The van der Waals surface area contributed by atoms with E-state index in [1.165, 1.54) is 24.3 Å². The van der Waals surface area contributed by atoms with Crippen molar-refractivity contribution in [1.29, 1.82) is 5.26 Å². The van der Waals surface area contributed by atoms with Gasteiger partial charge in [-0.15, -0.1) is 0 Å². The fourth-order valence-electron chi connectivity index (χ4n) is 5.59. The van der Waals surface area contributed by atoms with E-state index in [0.29, 0.717) is 43.5 Å². The van der Waals surface area contributed by atoms with Crippen LogP contribution >= 0.6 is 0 Å². The number of hydrogen-bond donors (Lipinski definition) is 1. The molecule has 0 radical (unpaired) electrons. The van der Waals surface area contributed by atoms with Crippen LogP contribution in [0.1, 0.15) is 22.3 Å². The van der Waals surface area contributed by atoms with Gasteiger partial charge in [0.25, 0.3) is 5.91 Å². The van der Waals surface area contributed by atoms with Crippen LogP contribution in [0.5, 0.6) is 17.2 Å². The van der Waals surface area contributed by atoms with Crippen LogP contribution in [0.2, 0.25) is 0 Å². The summed E-state index contributed by atoms with van der Waals surface area (Å²) < 4.78 is 51.9. The number of hydrogen-bond acceptors (Lipinski definition) is 6. The van der Waals surface area contributed by atoms with Gasteiger partial charge in [-0.05, 0) is 53.6 Å². The zero-order valence-corrected chi connectivity index (χ0v) is 24.1. The maximum Gasteiger partial charge on any atom is 0.420 e. The molecular formula is C35H28F3N3O4. The van der Waals surface area contributed by atoms with E-state index in [0.717, 1.165) is 41.5 Å². The monoisotopic (exact) mass is 611 g/mol. The number of fused-ring (bicyclic) bond motifs is 1. The first-order valence-corrected chi connectivity index (χ1v) is 14.4. The largest absolute Gasteiger partial charge is 0.507 e. The van der Waals surface area contributed by atoms with Gasteiger partial charge in [-0.1, -0.05) is 42.5 Å². The van der Waals surface area contributed by atoms with Gasteiger partial charge >= 0.3 is 6.18 Å². The third-order valence-corrected chi connectivity index (χ3v) is 7.85. The number of benzene rings is 4. The lowest BCUT2D eigenvalue weighted by Crippen LogP contribution is -2.42. The number of nitrogens with zero attached hydrogens (tertiary/aromatic N) is 3. The predicted octanol–water partition coefficient (Wildman–Crippen LogP) is 6.96. The Kier molecular flexibility index (Phi) is 8.30. The molecule has 1 saturated heterocycles. The van der Waals surface area contributed by atoms with Gasteiger partial charge in [-0.3, -0.25) is 9.69 Å². The van der Waals surface area contributed by atoms with Crippen LogP contribution in [0.15, 0.2) is 84.9 Å². The van der Waals surface area contributed by atoms with Crippen molar-refractivity contribution in [3.05, 3.63) is 107 Å². The molecule has 45 heavy (non-hydrogen) atoms. The molecule has 228 valence electrons. The van der Waals surface area contributed by atoms with E-state index in [4.69, 9.17) is 14.7 Å². The predicted molar refractivity (Wildman–Crippen MR) is 164 cm³/mol. The number of halogens is 3. The van der Waals surface area contributed by atoms with Crippen LogP contribution < -0.4 is 9.64 Å². The number of nitriles is 1. The minimum Gasteiger partial charge on any atom is -0.507 e. The van der Waals surface area contributed by atoms with Gasteiger partial charge in [0, 0.05) is 43.4 Å². The molecular weight excluding hydrogens is 583 g/mol. The molecule has 7 nitrogen and oxygen atoms in total. The first-order chi connectivity index (χ1) is 21.7. The number of carbonyl (C=O) groups excluding carboxylic acids is 1. The molecule has 1 amide bonds. The standard InChI is InChI=1S/C35H28F3N3O4/c36-35(37,38)29-19-23(22-39)9-12-32(29)45-26-11-10-25(31(42)21-26)20-28-33-27(24-5-2-1-3-6-24)7-4-8-30(33)41(34(28)43)14-13-40-15-17-44-18-16-40/h1-12,19-21,42H,13-18H2. The number of carbonyl (C=O) groups is 1. The molecule has 2 heterocycles. The molecule has 0 spiro atoms. The number of anilines is 1. The number of morpholine rings is 1. The molecule has 0 aromatic heterocycles. The van der Waals surface area contributed by atoms with Crippen molar-refractivity contribution in [2.45, 2.75) is 6.18 Å². The van der Waals surface area contributed by atoms with Gasteiger partial charge < -0.3 is 19.5 Å². The van der Waals surface area contributed by atoms with Crippen molar-refractivity contribution < 1.29 is 32.5 Å². The number of phenols is 1. The lowest BCUT2D eigenvalue weighted by atomic mass is 9.94. The summed E-state index contributed by atoms with van der Waals surface area (Å²) in [7, 11) is 0. The summed E-state index contributed by atoms with van der Waals surface area (Å²) >= 11 is 0. The van der Waals surface area contributed by atoms with Crippen molar-refractivity contribution in [2.75, 3.05) is 44.3 Å². The highest BCUT2D eigenvalue weighted by atomic mass is 19.4. The normalized spacial score (nSPS) is 16.1. The Labute approximate surface area is 258 Å². The zero-order valence-electron chi connectivity index (χ0n) is 24.1. The second-order valence-corrected chi connectivity index (χ2v) is 10.7. The van der Waals surface area contributed by atoms with Gasteiger partial charge in [0.1, 0.15) is 17.2 Å². The zero-order chi connectivity index (χ0) is 31.6. The second-order valence-electron chi connectivity index (χ2n) is 10.7. The number of rotatable bonds is 7. The van der Waals surface area contributed by atoms with Gasteiger partial charge in [0.15, 0.2) is 0 Å². The van der Waals surface area contributed by atoms with Crippen molar-refractivity contribution in [3.8, 4) is 34.4 Å². The third kappa shape index (κ3) is 6.27. The Bertz CT molecular complexity index is 1810. The number of ether oxygens (including phenoxy) is 2. The number of phenolic OH excluding ortho intramolecular Hbond substituents is 1. The molecule has 4 aromatic carbocycles. The molecule has 0 saturated carbocycles. The molecule has 4 aromatic rings. The van der Waals surface area contributed by atoms with E-state index < -0.39 is 17.5 Å². The maximum atomic E-state index is 14.0. The minimum atomic E-state index is -4.76. The fourth-order valence-corrected chi connectivity index (χ4v) is 5.59. The Morgan fingerprint density at radius 1 is 0.956 bits per heavy atom. The molecule has 2 aliphatic rings. The summed E-state index contributed by atoms with van der Waals surface area (Å²) in [6.45, 7) is 4.01. The Hall–Kier alpha value is -5.11. The molecule has 0 bridgehead atoms. The topological polar surface area (TPSA) is 86.0 Å². The van der Waals surface area contributed by atoms with Crippen molar-refractivity contribution in [1.82, 2.24) is 4.90 Å². The van der Waals surface area contributed by atoms with Gasteiger partial charge in [-0.25, -0.2) is 0 Å². The van der Waals surface area contributed by atoms with Gasteiger partial charge in [0.2, 0.25) is 0 Å². The first kappa shape index (κ1) is 29.9. The molecule has 6 rings (SSSR count). The van der Waals surface area contributed by atoms with Gasteiger partial charge in [-0.2, -0.15) is 18.4 Å². The summed E-state index contributed by atoms with van der Waals surface area (Å²) in [4.78, 5) is 18.0. The molecule has 10 heteroatoms. The molecule has 1 fully saturated rings. The average Bonchev–Trinajstić information content (AvgIpc) is 3.31. The molecule has 0 atom stereocenters. The molecule has 0 unspecified atom stereocenters. The highest BCUT2D eigenvalue weighted by Crippen LogP contribution is 2.45. The van der Waals surface area contributed by atoms with E-state index in [2.05, 4.69) is 4.90 Å². The second kappa shape index (κ2) is 12.5. The van der Waals surface area contributed by atoms with E-state index >= 15 is 0 Å². The minimum absolute atomic E-state index is 0.0416. The van der Waals surface area contributed by atoms with E-state index in [1.54, 1.807) is 17.0 Å². The molecule has 2 aliphatic heterocycles. The summed E-state index contributed by atoms with van der Waals surface area (Å²) in [6, 6.07) is 24.3. The van der Waals surface area contributed by atoms with E-state index in [1.807, 2.05) is 48.5 Å². The third-order valence-electron chi connectivity index (χ3n) is 7.85. The van der Waals surface area contributed by atoms with Crippen LogP contribution in [-0.4, -0.2) is 55.3 Å². The number of alkyl halides is 3. The van der Waals surface area contributed by atoms with Crippen molar-refractivity contribution in [2.24, 2.45) is 0 Å². The Morgan fingerprint density at radius 3 is 2.44 bits per heavy atom. The summed E-state index contributed by atoms with van der Waals surface area (Å²) in [6.07, 6.45) is -3.15. The van der Waals surface area contributed by atoms with Crippen molar-refractivity contribution in [3.63, 3.8) is 0 Å². The number of amides is 1. The van der Waals surface area contributed by atoms with Crippen LogP contribution in [0, 0.1) is 11.3 Å². The van der Waals surface area contributed by atoms with Crippen LogP contribution in [0.25, 0.3) is 22.8 Å². The summed E-state index contributed by atoms with van der Waals surface area (Å²) in [5.74, 6) is -1.04. The quantitative estimate of drug-likeness (QED) is 0.228. The average molecular weight is 612 g/mol. The summed E-state index contributed by atoms with van der Waals surface area (Å²) in [5, 5.41) is 20.0. The van der Waals surface area contributed by atoms with E-state index in [-0.39, 0.29) is 23.0 Å². The highest BCUT2D eigenvalue weighted by molar-refractivity contribution is 6.37.